The second-order valence-corrected chi connectivity index (χ2v) is 7.16. The molecule has 1 fully saturated rings. The van der Waals surface area contributed by atoms with E-state index < -0.39 is 11.3 Å². The van der Waals surface area contributed by atoms with Gasteiger partial charge in [-0.05, 0) is 23.3 Å². The van der Waals surface area contributed by atoms with E-state index in [4.69, 9.17) is 32.7 Å². The van der Waals surface area contributed by atoms with Crippen LogP contribution in [0.5, 0.6) is 5.75 Å². The van der Waals surface area contributed by atoms with Crippen molar-refractivity contribution in [2.45, 2.75) is 17.4 Å². The number of nitrogens with zero attached hydrogens (tertiary/aromatic N) is 1. The summed E-state index contributed by atoms with van der Waals surface area (Å²) in [6.07, 6.45) is 0. The van der Waals surface area contributed by atoms with Gasteiger partial charge in [0.1, 0.15) is 28.8 Å². The van der Waals surface area contributed by atoms with Crippen LogP contribution >= 0.6 is 35.0 Å². The fourth-order valence-corrected chi connectivity index (χ4v) is 4.56. The molecule has 1 amide bonds. The van der Waals surface area contributed by atoms with Gasteiger partial charge < -0.3 is 9.47 Å². The van der Waals surface area contributed by atoms with Crippen molar-refractivity contribution < 1.29 is 19.1 Å². The number of esters is 1. The third-order valence-electron chi connectivity index (χ3n) is 3.87. The molecule has 0 unspecified atom stereocenters. The lowest BCUT2D eigenvalue weighted by Crippen LogP contribution is -2.62. The quantitative estimate of drug-likeness (QED) is 0.441. The van der Waals surface area contributed by atoms with Gasteiger partial charge in [0.25, 0.3) is 0 Å². The van der Waals surface area contributed by atoms with Gasteiger partial charge in [-0.2, -0.15) is 0 Å². The molecule has 2 aliphatic heterocycles. The van der Waals surface area contributed by atoms with Crippen molar-refractivity contribution in [3.8, 4) is 5.75 Å². The lowest BCUT2D eigenvalue weighted by atomic mass is 10.1. The minimum atomic E-state index is -0.601. The van der Waals surface area contributed by atoms with Gasteiger partial charge in [-0.25, -0.2) is 4.79 Å². The monoisotopic (exact) mass is 387 g/mol. The van der Waals surface area contributed by atoms with Gasteiger partial charge in [-0.15, -0.1) is 35.0 Å². The Kier molecular flexibility index (Phi) is 5.27. The summed E-state index contributed by atoms with van der Waals surface area (Å²) in [6, 6.07) is 7.20. The maximum atomic E-state index is 12.5. The number of alkyl halides is 2. The molecular formula is C16H15Cl2NO4S. The van der Waals surface area contributed by atoms with E-state index in [1.165, 1.54) is 16.7 Å². The number of methoxy groups -OCH3 is 1. The number of thioether (sulfide) groups is 1. The Labute approximate surface area is 153 Å². The molecule has 2 atom stereocenters. The van der Waals surface area contributed by atoms with Crippen molar-refractivity contribution in [1.82, 2.24) is 4.90 Å². The molecule has 0 aromatic heterocycles. The number of ether oxygens (including phenoxy) is 2. The number of benzene rings is 1. The van der Waals surface area contributed by atoms with E-state index in [2.05, 4.69) is 0 Å². The summed E-state index contributed by atoms with van der Waals surface area (Å²) in [4.78, 5) is 25.9. The maximum absolute atomic E-state index is 12.5. The number of hydrogen-bond acceptors (Lipinski definition) is 5. The van der Waals surface area contributed by atoms with Crippen LogP contribution in [0.4, 0.5) is 0 Å². The summed E-state index contributed by atoms with van der Waals surface area (Å²) in [5, 5.41) is -0.828. The molecule has 2 aliphatic rings. The average Bonchev–Trinajstić information content (AvgIpc) is 2.64. The van der Waals surface area contributed by atoms with Crippen molar-refractivity contribution in [3.63, 3.8) is 0 Å². The molecule has 0 N–H and O–H groups in total. The van der Waals surface area contributed by atoms with E-state index in [9.17, 15) is 9.59 Å². The maximum Gasteiger partial charge on any atom is 0.355 e. The van der Waals surface area contributed by atoms with E-state index in [0.717, 1.165) is 11.3 Å². The van der Waals surface area contributed by atoms with Gasteiger partial charge in [0.15, 0.2) is 0 Å². The zero-order valence-electron chi connectivity index (χ0n) is 12.8. The van der Waals surface area contributed by atoms with Crippen LogP contribution < -0.4 is 4.74 Å². The molecule has 0 aliphatic carbocycles. The number of halogens is 2. The molecule has 1 saturated heterocycles. The summed E-state index contributed by atoms with van der Waals surface area (Å²) in [6.45, 7) is 0.103. The first-order chi connectivity index (χ1) is 11.6. The van der Waals surface area contributed by atoms with Crippen LogP contribution in [0.2, 0.25) is 0 Å². The Bertz CT molecular complexity index is 692. The second kappa shape index (κ2) is 7.25. The molecule has 0 spiro atoms. The third-order valence-corrected chi connectivity index (χ3v) is 6.10. The van der Waals surface area contributed by atoms with Crippen LogP contribution in [0, 0.1) is 0 Å². The highest BCUT2D eigenvalue weighted by Crippen LogP contribution is 2.43. The molecule has 1 aromatic rings. The molecule has 1 aromatic carbocycles. The minimum Gasteiger partial charge on any atom is -0.497 e. The summed E-state index contributed by atoms with van der Waals surface area (Å²) in [5.74, 6) is 0.623. The number of carbonyl (C=O) groups is 2. The molecule has 2 heterocycles. The molecule has 0 radical (unpaired) electrons. The normalized spacial score (nSPS) is 22.8. The van der Waals surface area contributed by atoms with E-state index in [0.29, 0.717) is 11.3 Å². The molecule has 0 saturated carbocycles. The zero-order chi connectivity index (χ0) is 17.3. The van der Waals surface area contributed by atoms with Gasteiger partial charge in [-0.3, -0.25) is 9.69 Å². The van der Waals surface area contributed by atoms with Crippen LogP contribution in [0.3, 0.4) is 0 Å². The van der Waals surface area contributed by atoms with E-state index >= 15 is 0 Å². The van der Waals surface area contributed by atoms with Crippen molar-refractivity contribution in [2.75, 3.05) is 18.7 Å². The minimum absolute atomic E-state index is 0.103. The van der Waals surface area contributed by atoms with Gasteiger partial charge in [0.05, 0.1) is 7.11 Å². The van der Waals surface area contributed by atoms with Gasteiger partial charge in [0, 0.05) is 11.6 Å². The lowest BCUT2D eigenvalue weighted by Gasteiger charge is -2.47. The topological polar surface area (TPSA) is 55.8 Å². The van der Waals surface area contributed by atoms with Crippen molar-refractivity contribution >= 4 is 46.8 Å². The Hall–Kier alpha value is -1.37. The fraction of sp³-hybridized carbons (Fsp3) is 0.375. The highest BCUT2D eigenvalue weighted by molar-refractivity contribution is 8.00. The summed E-state index contributed by atoms with van der Waals surface area (Å²) < 4.78 is 10.5. The number of amides is 1. The summed E-state index contributed by atoms with van der Waals surface area (Å²) in [5.41, 5.74) is 1.75. The molecule has 8 heteroatoms. The van der Waals surface area contributed by atoms with Crippen LogP contribution in [0.1, 0.15) is 5.56 Å². The molecular weight excluding hydrogens is 373 g/mol. The lowest BCUT2D eigenvalue weighted by molar-refractivity contribution is -0.149. The first-order valence-corrected chi connectivity index (χ1v) is 9.25. The van der Waals surface area contributed by atoms with Gasteiger partial charge in [-0.1, -0.05) is 12.1 Å². The zero-order valence-corrected chi connectivity index (χ0v) is 15.2. The smallest absolute Gasteiger partial charge is 0.355 e. The Morgan fingerprint density at radius 2 is 2.08 bits per heavy atom. The number of fused-ring (bicyclic) bond motifs is 1. The first kappa shape index (κ1) is 17.5. The summed E-state index contributed by atoms with van der Waals surface area (Å²) in [7, 11) is 1.58. The van der Waals surface area contributed by atoms with E-state index in [1.807, 2.05) is 12.1 Å². The predicted molar refractivity (Wildman–Crippen MR) is 93.3 cm³/mol. The van der Waals surface area contributed by atoms with Crippen molar-refractivity contribution in [3.05, 3.63) is 41.1 Å². The fourth-order valence-electron chi connectivity index (χ4n) is 2.53. The molecule has 5 nitrogen and oxygen atoms in total. The Morgan fingerprint density at radius 3 is 2.71 bits per heavy atom. The van der Waals surface area contributed by atoms with Crippen LogP contribution in [-0.4, -0.2) is 46.3 Å². The first-order valence-electron chi connectivity index (χ1n) is 7.23. The van der Waals surface area contributed by atoms with Gasteiger partial charge >= 0.3 is 5.97 Å². The number of carbonyl (C=O) groups excluding carboxylic acids is 2. The SMILES string of the molecule is COc1ccc(COC(=O)C2=C(CCl)CS[C@@H]3[C@H](Cl)C(=O)N23)cc1. The number of hydrogen-bond donors (Lipinski definition) is 0. The molecule has 3 rings (SSSR count). The van der Waals surface area contributed by atoms with Crippen molar-refractivity contribution in [1.29, 1.82) is 0 Å². The Balaban J connectivity index is 1.72. The number of rotatable bonds is 5. The average molecular weight is 388 g/mol. The van der Waals surface area contributed by atoms with E-state index in [1.54, 1.807) is 19.2 Å². The standard InChI is InChI=1S/C16H15Cl2NO4S/c1-22-11-4-2-9(3-5-11)7-23-16(21)13-10(6-17)8-24-15-12(18)14(20)19(13)15/h2-5,12,15H,6-8H2,1H3/t12-,15-/m1/s1. The third kappa shape index (κ3) is 3.10. The van der Waals surface area contributed by atoms with Crippen LogP contribution in [-0.2, 0) is 20.9 Å². The Morgan fingerprint density at radius 1 is 1.38 bits per heavy atom. The predicted octanol–water partition coefficient (Wildman–Crippen LogP) is 2.75. The number of β-lactam (4-membered cyclic amide) rings is 1. The molecule has 128 valence electrons. The second-order valence-electron chi connectivity index (χ2n) is 5.32. The van der Waals surface area contributed by atoms with Crippen LogP contribution in [0.15, 0.2) is 35.5 Å². The molecule has 0 bridgehead atoms. The van der Waals surface area contributed by atoms with E-state index in [-0.39, 0.29) is 29.5 Å². The van der Waals surface area contributed by atoms with Crippen molar-refractivity contribution in [2.24, 2.45) is 0 Å². The molecule has 24 heavy (non-hydrogen) atoms. The highest BCUT2D eigenvalue weighted by Gasteiger charge is 2.52. The largest absolute Gasteiger partial charge is 0.497 e. The summed E-state index contributed by atoms with van der Waals surface area (Å²) >= 11 is 13.4. The highest BCUT2D eigenvalue weighted by atomic mass is 35.5. The van der Waals surface area contributed by atoms with Gasteiger partial charge in [0.2, 0.25) is 5.91 Å². The van der Waals surface area contributed by atoms with Crippen LogP contribution in [0.25, 0.3) is 0 Å².